The number of benzene rings is 1. The first kappa shape index (κ1) is 19.6. The molecule has 4 nitrogen and oxygen atoms in total. The average molecular weight is 371 g/mol. The van der Waals surface area contributed by atoms with Gasteiger partial charge in [-0.3, -0.25) is 0 Å². The van der Waals surface area contributed by atoms with Gasteiger partial charge in [-0.15, -0.1) is 12.4 Å². The molecule has 1 saturated heterocycles. The van der Waals surface area contributed by atoms with E-state index in [-0.39, 0.29) is 28.4 Å². The van der Waals surface area contributed by atoms with E-state index >= 15 is 0 Å². The van der Waals surface area contributed by atoms with Gasteiger partial charge in [0.1, 0.15) is 5.82 Å². The lowest BCUT2D eigenvalue weighted by molar-refractivity contribution is 0.208. The lowest BCUT2D eigenvalue weighted by Crippen LogP contribution is -2.44. The lowest BCUT2D eigenvalue weighted by atomic mass is 10.1. The quantitative estimate of drug-likeness (QED) is 0.866. The minimum Gasteiger partial charge on any atom is -0.303 e. The van der Waals surface area contributed by atoms with Gasteiger partial charge < -0.3 is 4.90 Å². The van der Waals surface area contributed by atoms with Crippen LogP contribution in [-0.2, 0) is 10.0 Å². The number of nitrogens with one attached hydrogen (secondary N) is 1. The zero-order valence-corrected chi connectivity index (χ0v) is 14.8. The van der Waals surface area contributed by atoms with Crippen LogP contribution in [0, 0.1) is 5.82 Å². The summed E-state index contributed by atoms with van der Waals surface area (Å²) in [5.74, 6) is -0.622. The second-order valence-corrected chi connectivity index (χ2v) is 7.43. The van der Waals surface area contributed by atoms with Crippen LogP contribution in [-0.4, -0.2) is 39.0 Å². The van der Waals surface area contributed by atoms with E-state index in [1.165, 1.54) is 6.07 Å². The van der Waals surface area contributed by atoms with E-state index in [1.54, 1.807) is 0 Å². The first-order valence-corrected chi connectivity index (χ1v) is 8.98. The Balaban J connectivity index is 0.00000242. The van der Waals surface area contributed by atoms with Crippen molar-refractivity contribution in [1.29, 1.82) is 0 Å². The van der Waals surface area contributed by atoms with Gasteiger partial charge in [0, 0.05) is 6.04 Å². The highest BCUT2D eigenvalue weighted by atomic mass is 35.5. The highest BCUT2D eigenvalue weighted by Gasteiger charge is 2.24. The van der Waals surface area contributed by atoms with Crippen molar-refractivity contribution in [1.82, 2.24) is 9.62 Å². The maximum Gasteiger partial charge on any atom is 0.240 e. The third kappa shape index (κ3) is 5.06. The molecule has 1 aromatic rings. The Bertz CT molecular complexity index is 591. The summed E-state index contributed by atoms with van der Waals surface area (Å²) in [4.78, 5) is 2.34. The van der Waals surface area contributed by atoms with Crippen LogP contribution in [0.3, 0.4) is 0 Å². The van der Waals surface area contributed by atoms with Gasteiger partial charge in [-0.1, -0.05) is 18.5 Å². The van der Waals surface area contributed by atoms with Crippen molar-refractivity contribution >= 4 is 34.0 Å². The molecule has 8 heteroatoms. The molecule has 0 bridgehead atoms. The molecule has 2 rings (SSSR count). The Morgan fingerprint density at radius 2 is 2.00 bits per heavy atom. The fourth-order valence-electron chi connectivity index (χ4n) is 2.52. The molecule has 0 aromatic heterocycles. The van der Waals surface area contributed by atoms with Crippen LogP contribution in [0.4, 0.5) is 4.39 Å². The molecule has 1 fully saturated rings. The predicted molar refractivity (Wildman–Crippen MR) is 88.7 cm³/mol. The zero-order chi connectivity index (χ0) is 15.5. The molecule has 0 aliphatic carbocycles. The maximum atomic E-state index is 13.1. The highest BCUT2D eigenvalue weighted by Crippen LogP contribution is 2.20. The summed E-state index contributed by atoms with van der Waals surface area (Å²) in [5.41, 5.74) is 0. The topological polar surface area (TPSA) is 49.4 Å². The van der Waals surface area contributed by atoms with Crippen LogP contribution in [0.1, 0.15) is 26.2 Å². The maximum absolute atomic E-state index is 13.1. The van der Waals surface area contributed by atoms with E-state index in [4.69, 9.17) is 11.6 Å². The van der Waals surface area contributed by atoms with E-state index < -0.39 is 15.8 Å². The molecule has 1 N–H and O–H groups in total. The second kappa shape index (κ2) is 8.45. The molecule has 1 heterocycles. The smallest absolute Gasteiger partial charge is 0.240 e. The summed E-state index contributed by atoms with van der Waals surface area (Å²) in [6.45, 7) is 4.97. The molecule has 0 atom stereocenters. The van der Waals surface area contributed by atoms with Gasteiger partial charge in [0.05, 0.1) is 9.92 Å². The number of sulfonamides is 1. The van der Waals surface area contributed by atoms with Crippen molar-refractivity contribution in [2.45, 2.75) is 37.1 Å². The van der Waals surface area contributed by atoms with Gasteiger partial charge in [-0.2, -0.15) is 0 Å². The van der Waals surface area contributed by atoms with Crippen molar-refractivity contribution < 1.29 is 12.8 Å². The van der Waals surface area contributed by atoms with Gasteiger partial charge in [0.15, 0.2) is 0 Å². The molecule has 1 aromatic carbocycles. The van der Waals surface area contributed by atoms with Gasteiger partial charge in [0.2, 0.25) is 10.0 Å². The fourth-order valence-corrected chi connectivity index (χ4v) is 4.10. The zero-order valence-electron chi connectivity index (χ0n) is 12.4. The molecule has 0 amide bonds. The number of halogens is 3. The normalized spacial score (nSPS) is 17.2. The summed E-state index contributed by atoms with van der Waals surface area (Å²) in [6, 6.07) is 3.37. The standard InChI is InChI=1S/C14H20ClFN2O2S.ClH/c1-2-7-18-8-5-11(6-9-18)17-21(19,20)12-3-4-14(16)13(15)10-12;/h3-4,10-11,17H,2,5-9H2,1H3;1H. The Labute approximate surface area is 142 Å². The number of hydrogen-bond acceptors (Lipinski definition) is 3. The first-order chi connectivity index (χ1) is 9.92. The van der Waals surface area contributed by atoms with Crippen molar-refractivity contribution in [3.05, 3.63) is 29.0 Å². The van der Waals surface area contributed by atoms with Crippen molar-refractivity contribution in [3.63, 3.8) is 0 Å². The lowest BCUT2D eigenvalue weighted by Gasteiger charge is -2.31. The SMILES string of the molecule is CCCN1CCC(NS(=O)(=O)c2ccc(F)c(Cl)c2)CC1.Cl. The summed E-state index contributed by atoms with van der Waals surface area (Å²) in [5, 5.41) is -0.185. The van der Waals surface area contributed by atoms with Crippen molar-refractivity contribution in [2.24, 2.45) is 0 Å². The van der Waals surface area contributed by atoms with E-state index in [2.05, 4.69) is 16.5 Å². The monoisotopic (exact) mass is 370 g/mol. The molecule has 126 valence electrons. The van der Waals surface area contributed by atoms with Crippen molar-refractivity contribution in [3.8, 4) is 0 Å². The Kier molecular flexibility index (Phi) is 7.55. The summed E-state index contributed by atoms with van der Waals surface area (Å²) in [7, 11) is -3.65. The number of nitrogens with zero attached hydrogens (tertiary/aromatic N) is 1. The molecule has 1 aliphatic heterocycles. The van der Waals surface area contributed by atoms with Gasteiger partial charge in [0.25, 0.3) is 0 Å². The van der Waals surface area contributed by atoms with E-state index in [0.717, 1.165) is 51.0 Å². The minimum absolute atomic E-state index is 0. The van der Waals surface area contributed by atoms with Crippen molar-refractivity contribution in [2.75, 3.05) is 19.6 Å². The molecule has 1 aliphatic rings. The number of hydrogen-bond donors (Lipinski definition) is 1. The predicted octanol–water partition coefficient (Wildman–Crippen LogP) is 3.05. The Morgan fingerprint density at radius 3 is 2.55 bits per heavy atom. The average Bonchev–Trinajstić information content (AvgIpc) is 2.44. The summed E-state index contributed by atoms with van der Waals surface area (Å²) in [6.07, 6.45) is 2.67. The van der Waals surface area contributed by atoms with Gasteiger partial charge in [-0.05, 0) is 57.1 Å². The Morgan fingerprint density at radius 1 is 1.36 bits per heavy atom. The number of rotatable bonds is 5. The van der Waals surface area contributed by atoms with Crippen LogP contribution in [0.5, 0.6) is 0 Å². The Hall–Kier alpha value is -0.400. The molecular weight excluding hydrogens is 350 g/mol. The number of piperidine rings is 1. The van der Waals surface area contributed by atoms with E-state index in [9.17, 15) is 12.8 Å². The largest absolute Gasteiger partial charge is 0.303 e. The first-order valence-electron chi connectivity index (χ1n) is 7.12. The molecule has 0 radical (unpaired) electrons. The fraction of sp³-hybridized carbons (Fsp3) is 0.571. The van der Waals surface area contributed by atoms with Crippen LogP contribution >= 0.6 is 24.0 Å². The molecule has 0 saturated carbocycles. The third-order valence-electron chi connectivity index (χ3n) is 3.65. The number of likely N-dealkylation sites (tertiary alicyclic amines) is 1. The third-order valence-corrected chi connectivity index (χ3v) is 5.46. The highest BCUT2D eigenvalue weighted by molar-refractivity contribution is 7.89. The van der Waals surface area contributed by atoms with Crippen LogP contribution in [0.2, 0.25) is 5.02 Å². The van der Waals surface area contributed by atoms with Crippen LogP contribution in [0.25, 0.3) is 0 Å². The second-order valence-electron chi connectivity index (χ2n) is 5.31. The van der Waals surface area contributed by atoms with E-state index in [1.807, 2.05) is 0 Å². The van der Waals surface area contributed by atoms with Crippen LogP contribution in [0.15, 0.2) is 23.1 Å². The summed E-state index contributed by atoms with van der Waals surface area (Å²) < 4.78 is 40.3. The molecule has 0 unspecified atom stereocenters. The summed E-state index contributed by atoms with van der Waals surface area (Å²) >= 11 is 5.64. The molecular formula is C14H21Cl2FN2O2S. The molecule has 22 heavy (non-hydrogen) atoms. The van der Waals surface area contributed by atoms with Crippen LogP contribution < -0.4 is 4.72 Å². The van der Waals surface area contributed by atoms with E-state index in [0.29, 0.717) is 0 Å². The van der Waals surface area contributed by atoms with Gasteiger partial charge >= 0.3 is 0 Å². The molecule has 0 spiro atoms. The minimum atomic E-state index is -3.65. The van der Waals surface area contributed by atoms with Gasteiger partial charge in [-0.25, -0.2) is 17.5 Å².